The van der Waals surface area contributed by atoms with Gasteiger partial charge in [-0.25, -0.2) is 4.79 Å². The molecule has 1 aromatic rings. The van der Waals surface area contributed by atoms with Crippen LogP contribution in [0.5, 0.6) is 0 Å². The molecule has 1 aromatic carbocycles. The number of benzene rings is 1. The highest BCUT2D eigenvalue weighted by Crippen LogP contribution is 2.26. The molecule has 234 valence electrons. The molecule has 0 aromatic heterocycles. The van der Waals surface area contributed by atoms with Crippen molar-refractivity contribution in [2.45, 2.75) is 97.6 Å². The van der Waals surface area contributed by atoms with Gasteiger partial charge in [0.15, 0.2) is 0 Å². The summed E-state index contributed by atoms with van der Waals surface area (Å²) in [7, 11) is 1.81. The van der Waals surface area contributed by atoms with Crippen LogP contribution in [0.2, 0.25) is 0 Å². The van der Waals surface area contributed by atoms with Crippen LogP contribution in [0.3, 0.4) is 0 Å². The van der Waals surface area contributed by atoms with E-state index in [0.29, 0.717) is 31.7 Å². The lowest BCUT2D eigenvalue weighted by molar-refractivity contribution is -0.385. The first-order chi connectivity index (χ1) is 18.9. The summed E-state index contributed by atoms with van der Waals surface area (Å²) in [5, 5.41) is 25.8. The number of hydrogen-bond donors (Lipinski definition) is 3. The van der Waals surface area contributed by atoms with E-state index in [0.717, 1.165) is 6.42 Å². The van der Waals surface area contributed by atoms with Gasteiger partial charge in [0.1, 0.15) is 0 Å². The number of aliphatic hydroxyl groups excluding tert-OH is 1. The summed E-state index contributed by atoms with van der Waals surface area (Å²) in [5.74, 6) is -0.150. The Bertz CT molecular complexity index is 992. The average Bonchev–Trinajstić information content (AvgIpc) is 2.84. The highest BCUT2D eigenvalue weighted by atomic mass is 16.6. The van der Waals surface area contributed by atoms with Gasteiger partial charge in [0.2, 0.25) is 5.91 Å². The molecule has 0 fully saturated rings. The fraction of sp³-hybridized carbons (Fsp3) is 0.724. The second-order valence-corrected chi connectivity index (χ2v) is 12.2. The third kappa shape index (κ3) is 15.6. The minimum Gasteiger partial charge on any atom is -0.449 e. The molecule has 0 atom stereocenters. The van der Waals surface area contributed by atoms with Crippen LogP contribution in [0.4, 0.5) is 16.2 Å². The lowest BCUT2D eigenvalue weighted by atomic mass is 10.0. The molecule has 0 unspecified atom stereocenters. The molecule has 41 heavy (non-hydrogen) atoms. The maximum absolute atomic E-state index is 12.1. The molecule has 12 nitrogen and oxygen atoms in total. The van der Waals surface area contributed by atoms with Crippen molar-refractivity contribution in [2.75, 3.05) is 44.8 Å². The van der Waals surface area contributed by atoms with Crippen LogP contribution in [-0.2, 0) is 25.6 Å². The zero-order valence-electron chi connectivity index (χ0n) is 26.0. The number of hydrogen-bond acceptors (Lipinski definition) is 9. The number of anilines is 1. The Morgan fingerprint density at radius 3 is 2.24 bits per heavy atom. The maximum atomic E-state index is 12.1. The Kier molecular flexibility index (Phi) is 14.5. The molecule has 0 spiro atoms. The molecule has 1 rings (SSSR count). The summed E-state index contributed by atoms with van der Waals surface area (Å²) in [4.78, 5) is 36.5. The highest BCUT2D eigenvalue weighted by molar-refractivity contribution is 5.76. The van der Waals surface area contributed by atoms with Gasteiger partial charge >= 0.3 is 6.09 Å². The van der Waals surface area contributed by atoms with E-state index in [-0.39, 0.29) is 54.5 Å². The molecule has 0 aliphatic carbocycles. The van der Waals surface area contributed by atoms with Crippen molar-refractivity contribution in [2.24, 2.45) is 0 Å². The predicted octanol–water partition coefficient (Wildman–Crippen LogP) is 4.32. The fourth-order valence-corrected chi connectivity index (χ4v) is 4.14. The van der Waals surface area contributed by atoms with Gasteiger partial charge in [-0.15, -0.1) is 0 Å². The van der Waals surface area contributed by atoms with Gasteiger partial charge in [0.05, 0.1) is 47.1 Å². The smallest absolute Gasteiger partial charge is 0.407 e. The van der Waals surface area contributed by atoms with E-state index in [4.69, 9.17) is 14.2 Å². The minimum absolute atomic E-state index is 0.128. The SMILES string of the molecule is CN(CCCC(=O)NCCNC(=O)OCCC(C)(C)OCCC(C)(C)OC(C)(C)C)c1ccc([N+](=O)[O-])c(CO)c1. The molecule has 2 amide bonds. The van der Waals surface area contributed by atoms with Crippen molar-refractivity contribution in [1.29, 1.82) is 0 Å². The summed E-state index contributed by atoms with van der Waals surface area (Å²) in [6, 6.07) is 4.55. The Balaban J connectivity index is 2.21. The lowest BCUT2D eigenvalue weighted by Gasteiger charge is -2.35. The van der Waals surface area contributed by atoms with Gasteiger partial charge in [0, 0.05) is 51.3 Å². The van der Waals surface area contributed by atoms with E-state index in [1.165, 1.54) is 6.07 Å². The number of nitro groups is 1. The average molecular weight is 583 g/mol. The van der Waals surface area contributed by atoms with Crippen molar-refractivity contribution in [3.05, 3.63) is 33.9 Å². The van der Waals surface area contributed by atoms with Gasteiger partial charge in [-0.3, -0.25) is 14.9 Å². The van der Waals surface area contributed by atoms with Crippen molar-refractivity contribution in [3.63, 3.8) is 0 Å². The maximum Gasteiger partial charge on any atom is 0.407 e. The first-order valence-corrected chi connectivity index (χ1v) is 14.1. The zero-order valence-corrected chi connectivity index (χ0v) is 26.0. The topological polar surface area (TPSA) is 152 Å². The largest absolute Gasteiger partial charge is 0.449 e. The summed E-state index contributed by atoms with van der Waals surface area (Å²) in [6.45, 7) is 15.4. The second-order valence-electron chi connectivity index (χ2n) is 12.2. The van der Waals surface area contributed by atoms with E-state index in [1.54, 1.807) is 12.1 Å². The van der Waals surface area contributed by atoms with E-state index < -0.39 is 23.2 Å². The van der Waals surface area contributed by atoms with Crippen LogP contribution in [0.1, 0.15) is 79.7 Å². The molecular weight excluding hydrogens is 532 g/mol. The Morgan fingerprint density at radius 1 is 1.00 bits per heavy atom. The molecule has 0 bridgehead atoms. The molecule has 0 saturated carbocycles. The quantitative estimate of drug-likeness (QED) is 0.131. The molecule has 3 N–H and O–H groups in total. The van der Waals surface area contributed by atoms with Crippen LogP contribution in [0, 0.1) is 10.1 Å². The molecule has 0 heterocycles. The van der Waals surface area contributed by atoms with Crippen molar-refractivity contribution in [1.82, 2.24) is 10.6 Å². The lowest BCUT2D eigenvalue weighted by Crippen LogP contribution is -2.37. The normalized spacial score (nSPS) is 12.1. The van der Waals surface area contributed by atoms with Gasteiger partial charge in [0.25, 0.3) is 5.69 Å². The molecule has 0 aliphatic rings. The third-order valence-electron chi connectivity index (χ3n) is 6.20. The van der Waals surface area contributed by atoms with Crippen LogP contribution in [0.15, 0.2) is 18.2 Å². The van der Waals surface area contributed by atoms with Gasteiger partial charge < -0.3 is 34.9 Å². The van der Waals surface area contributed by atoms with Crippen molar-refractivity contribution in [3.8, 4) is 0 Å². The molecule has 12 heteroatoms. The number of carbonyl (C=O) groups excluding carboxylic acids is 2. The first-order valence-electron chi connectivity index (χ1n) is 14.1. The highest BCUT2D eigenvalue weighted by Gasteiger charge is 2.27. The first kappa shape index (κ1) is 36.1. The van der Waals surface area contributed by atoms with Crippen LogP contribution in [-0.4, -0.2) is 78.7 Å². The number of aliphatic hydroxyl groups is 1. The van der Waals surface area contributed by atoms with Crippen LogP contribution in [0.25, 0.3) is 0 Å². The number of nitrogens with one attached hydrogen (secondary N) is 2. The molecule has 0 saturated heterocycles. The van der Waals surface area contributed by atoms with E-state index >= 15 is 0 Å². The van der Waals surface area contributed by atoms with Gasteiger partial charge in [-0.1, -0.05) is 0 Å². The number of nitrogens with zero attached hydrogens (tertiary/aromatic N) is 2. The summed E-state index contributed by atoms with van der Waals surface area (Å²) in [6.07, 6.45) is 1.56. The van der Waals surface area contributed by atoms with Crippen LogP contribution < -0.4 is 15.5 Å². The molecular formula is C29H50N4O8. The Hall–Kier alpha value is -2.96. The number of nitro benzene ring substituents is 1. The molecule has 0 radical (unpaired) electrons. The summed E-state index contributed by atoms with van der Waals surface area (Å²) >= 11 is 0. The monoisotopic (exact) mass is 582 g/mol. The zero-order chi connectivity index (χ0) is 31.3. The Morgan fingerprint density at radius 2 is 1.63 bits per heavy atom. The molecule has 0 aliphatic heterocycles. The predicted molar refractivity (Wildman–Crippen MR) is 158 cm³/mol. The van der Waals surface area contributed by atoms with Crippen molar-refractivity contribution >= 4 is 23.4 Å². The fourth-order valence-electron chi connectivity index (χ4n) is 4.14. The van der Waals surface area contributed by atoms with Gasteiger partial charge in [-0.05, 0) is 73.4 Å². The second kappa shape index (κ2) is 16.5. The number of alkyl carbamates (subject to hydrolysis) is 1. The standard InChI is InChI=1S/C29H50N4O8/c1-27(2,3)41-29(6,7)14-19-40-28(4,5)13-18-39-26(36)31-16-15-30-25(35)10-9-17-32(8)23-11-12-24(33(37)38)22(20-23)21-34/h11-12,20,34H,9-10,13-19,21H2,1-8H3,(H,30,35)(H,31,36). The van der Waals surface area contributed by atoms with Crippen molar-refractivity contribution < 1.29 is 33.8 Å². The van der Waals surface area contributed by atoms with E-state index in [2.05, 4.69) is 10.6 Å². The number of ether oxygens (including phenoxy) is 3. The van der Waals surface area contributed by atoms with Crippen LogP contribution >= 0.6 is 0 Å². The third-order valence-corrected chi connectivity index (χ3v) is 6.20. The summed E-state index contributed by atoms with van der Waals surface area (Å²) < 4.78 is 17.3. The van der Waals surface area contributed by atoms with E-state index in [9.17, 15) is 24.8 Å². The Labute approximate surface area is 244 Å². The number of carbonyl (C=O) groups is 2. The van der Waals surface area contributed by atoms with Gasteiger partial charge in [-0.2, -0.15) is 0 Å². The summed E-state index contributed by atoms with van der Waals surface area (Å²) in [5.41, 5.74) is -0.173. The van der Waals surface area contributed by atoms with E-state index in [1.807, 2.05) is 60.4 Å². The number of amides is 2. The minimum atomic E-state index is -0.554. The number of rotatable bonds is 18.